The monoisotopic (exact) mass is 347 g/mol. The van der Waals surface area contributed by atoms with Crippen LogP contribution < -0.4 is 10.2 Å². The fraction of sp³-hybridized carbons (Fsp3) is 0.647. The average molecular weight is 347 g/mol. The third kappa shape index (κ3) is 4.37. The van der Waals surface area contributed by atoms with Crippen LogP contribution in [0.3, 0.4) is 0 Å². The molecule has 2 fully saturated rings. The summed E-state index contributed by atoms with van der Waals surface area (Å²) in [5.41, 5.74) is -0.517. The lowest BCUT2D eigenvalue weighted by molar-refractivity contribution is -0.130. The van der Waals surface area contributed by atoms with Crippen molar-refractivity contribution in [2.24, 2.45) is 5.92 Å². The van der Waals surface area contributed by atoms with E-state index in [2.05, 4.69) is 20.2 Å². The first-order valence-corrected chi connectivity index (χ1v) is 8.62. The minimum Gasteiger partial charge on any atom is -0.444 e. The van der Waals surface area contributed by atoms with Crippen molar-refractivity contribution >= 4 is 17.9 Å². The summed E-state index contributed by atoms with van der Waals surface area (Å²) in [7, 11) is 0. The predicted octanol–water partition coefficient (Wildman–Crippen LogP) is 1.04. The van der Waals surface area contributed by atoms with Crippen molar-refractivity contribution in [3.63, 3.8) is 0 Å². The maximum absolute atomic E-state index is 12.3. The number of carbonyl (C=O) groups excluding carboxylic acids is 2. The van der Waals surface area contributed by atoms with Gasteiger partial charge in [-0.3, -0.25) is 4.79 Å². The lowest BCUT2D eigenvalue weighted by atomic mass is 9.99. The number of hydrogen-bond donors (Lipinski definition) is 1. The zero-order valence-corrected chi connectivity index (χ0v) is 14.9. The predicted molar refractivity (Wildman–Crippen MR) is 92.1 cm³/mol. The van der Waals surface area contributed by atoms with E-state index in [1.165, 1.54) is 0 Å². The quantitative estimate of drug-likeness (QED) is 0.879. The largest absolute Gasteiger partial charge is 0.444 e. The molecule has 8 nitrogen and oxygen atoms in total. The molecule has 0 aliphatic carbocycles. The van der Waals surface area contributed by atoms with Crippen LogP contribution in [0.5, 0.6) is 0 Å². The van der Waals surface area contributed by atoms with Gasteiger partial charge < -0.3 is 19.9 Å². The van der Waals surface area contributed by atoms with Crippen LogP contribution in [0.25, 0.3) is 0 Å². The fourth-order valence-electron chi connectivity index (χ4n) is 2.95. The Morgan fingerprint density at radius 1 is 1.20 bits per heavy atom. The second kappa shape index (κ2) is 6.85. The minimum atomic E-state index is -0.517. The van der Waals surface area contributed by atoms with Crippen LogP contribution in [0.15, 0.2) is 18.5 Å². The molecule has 1 atom stereocenters. The highest BCUT2D eigenvalue weighted by atomic mass is 16.6. The summed E-state index contributed by atoms with van der Waals surface area (Å²) >= 11 is 0. The molecule has 0 aromatic carbocycles. The van der Waals surface area contributed by atoms with Gasteiger partial charge in [-0.15, -0.1) is 0 Å². The summed E-state index contributed by atoms with van der Waals surface area (Å²) in [5.74, 6) is 0.536. The lowest BCUT2D eigenvalue weighted by Crippen LogP contribution is -2.57. The third-order valence-electron chi connectivity index (χ3n) is 4.27. The standard InChI is InChI=1S/C17H25N5O3/c1-17(2,3)25-16(24)22-9-12(10-22)14(23)20-13-5-8-21(11-13)15-18-6-4-7-19-15/h4,6-7,12-13H,5,8-11H2,1-3H3,(H,20,23)/t13-/m1/s1. The van der Waals surface area contributed by atoms with Crippen LogP contribution in [-0.4, -0.2) is 64.7 Å². The maximum atomic E-state index is 12.3. The van der Waals surface area contributed by atoms with Gasteiger partial charge in [-0.05, 0) is 33.3 Å². The van der Waals surface area contributed by atoms with E-state index < -0.39 is 5.60 Å². The molecule has 0 bridgehead atoms. The molecule has 25 heavy (non-hydrogen) atoms. The minimum absolute atomic E-state index is 0.000591. The van der Waals surface area contributed by atoms with Gasteiger partial charge >= 0.3 is 6.09 Å². The Labute approximate surface area is 147 Å². The van der Waals surface area contributed by atoms with Gasteiger partial charge in [0.2, 0.25) is 11.9 Å². The van der Waals surface area contributed by atoms with Gasteiger partial charge in [-0.25, -0.2) is 14.8 Å². The van der Waals surface area contributed by atoms with E-state index in [0.29, 0.717) is 25.6 Å². The van der Waals surface area contributed by atoms with E-state index in [4.69, 9.17) is 4.74 Å². The summed E-state index contributed by atoms with van der Waals surface area (Å²) in [6, 6.07) is 1.87. The van der Waals surface area contributed by atoms with Crippen molar-refractivity contribution < 1.29 is 14.3 Å². The summed E-state index contributed by atoms with van der Waals surface area (Å²) in [4.78, 5) is 36.4. The van der Waals surface area contributed by atoms with Crippen molar-refractivity contribution in [1.29, 1.82) is 0 Å². The first-order valence-electron chi connectivity index (χ1n) is 8.62. The molecule has 2 amide bonds. The van der Waals surface area contributed by atoms with Crippen LogP contribution >= 0.6 is 0 Å². The fourth-order valence-corrected chi connectivity index (χ4v) is 2.95. The Morgan fingerprint density at radius 2 is 1.88 bits per heavy atom. The third-order valence-corrected chi connectivity index (χ3v) is 4.27. The molecule has 2 saturated heterocycles. The van der Waals surface area contributed by atoms with Gasteiger partial charge in [-0.1, -0.05) is 0 Å². The number of ether oxygens (including phenoxy) is 1. The van der Waals surface area contributed by atoms with Crippen LogP contribution in [0, 0.1) is 5.92 Å². The number of amides is 2. The van der Waals surface area contributed by atoms with Gasteiger partial charge in [0.25, 0.3) is 0 Å². The van der Waals surface area contributed by atoms with Crippen LogP contribution in [-0.2, 0) is 9.53 Å². The number of anilines is 1. The Bertz CT molecular complexity index is 625. The molecule has 0 radical (unpaired) electrons. The molecule has 3 heterocycles. The summed E-state index contributed by atoms with van der Waals surface area (Å²) < 4.78 is 5.30. The molecule has 0 unspecified atom stereocenters. The molecule has 2 aliphatic rings. The van der Waals surface area contributed by atoms with Crippen LogP contribution in [0.4, 0.5) is 10.7 Å². The smallest absolute Gasteiger partial charge is 0.410 e. The van der Waals surface area contributed by atoms with Crippen molar-refractivity contribution in [1.82, 2.24) is 20.2 Å². The van der Waals surface area contributed by atoms with Gasteiger partial charge in [0.05, 0.1) is 5.92 Å². The zero-order chi connectivity index (χ0) is 18.0. The molecule has 136 valence electrons. The van der Waals surface area contributed by atoms with E-state index in [1.54, 1.807) is 23.4 Å². The number of nitrogens with zero attached hydrogens (tertiary/aromatic N) is 4. The normalized spacial score (nSPS) is 21.0. The molecule has 1 N–H and O–H groups in total. The van der Waals surface area contributed by atoms with E-state index in [9.17, 15) is 9.59 Å². The molecule has 0 spiro atoms. The topological polar surface area (TPSA) is 87.7 Å². The Morgan fingerprint density at radius 3 is 2.52 bits per heavy atom. The van der Waals surface area contributed by atoms with Gasteiger partial charge in [0.1, 0.15) is 5.60 Å². The van der Waals surface area contributed by atoms with Crippen molar-refractivity contribution in [3.8, 4) is 0 Å². The van der Waals surface area contributed by atoms with E-state index in [-0.39, 0.29) is 24.0 Å². The highest BCUT2D eigenvalue weighted by molar-refractivity contribution is 5.83. The van der Waals surface area contributed by atoms with E-state index in [1.807, 2.05) is 20.8 Å². The Hall–Kier alpha value is -2.38. The van der Waals surface area contributed by atoms with Gasteiger partial charge in [-0.2, -0.15) is 0 Å². The SMILES string of the molecule is CC(C)(C)OC(=O)N1CC(C(=O)N[C@@H]2CCN(c3ncccn3)C2)C1. The van der Waals surface area contributed by atoms with E-state index in [0.717, 1.165) is 13.0 Å². The van der Waals surface area contributed by atoms with Crippen molar-refractivity contribution in [2.45, 2.75) is 38.8 Å². The molecule has 1 aromatic rings. The van der Waals surface area contributed by atoms with Crippen molar-refractivity contribution in [3.05, 3.63) is 18.5 Å². The van der Waals surface area contributed by atoms with Gasteiger partial charge in [0, 0.05) is 44.6 Å². The maximum Gasteiger partial charge on any atom is 0.410 e. The molecule has 3 rings (SSSR count). The zero-order valence-electron chi connectivity index (χ0n) is 14.9. The highest BCUT2D eigenvalue weighted by Gasteiger charge is 2.39. The first-order chi connectivity index (χ1) is 11.8. The number of likely N-dealkylation sites (tertiary alicyclic amines) is 1. The average Bonchev–Trinajstić information content (AvgIpc) is 2.93. The molecule has 8 heteroatoms. The Kier molecular flexibility index (Phi) is 4.78. The van der Waals surface area contributed by atoms with Crippen LogP contribution in [0.1, 0.15) is 27.2 Å². The number of carbonyl (C=O) groups is 2. The first kappa shape index (κ1) is 17.4. The number of hydrogen-bond acceptors (Lipinski definition) is 6. The summed E-state index contributed by atoms with van der Waals surface area (Å²) in [5, 5.41) is 3.07. The van der Waals surface area contributed by atoms with Crippen molar-refractivity contribution in [2.75, 3.05) is 31.1 Å². The molecule has 2 aliphatic heterocycles. The van der Waals surface area contributed by atoms with Gasteiger partial charge in [0.15, 0.2) is 0 Å². The molecular weight excluding hydrogens is 322 g/mol. The summed E-state index contributed by atoms with van der Waals surface area (Å²) in [6.45, 7) is 7.85. The Balaban J connectivity index is 1.42. The number of aromatic nitrogens is 2. The second-order valence-electron chi connectivity index (χ2n) is 7.57. The molecule has 0 saturated carbocycles. The number of nitrogens with one attached hydrogen (secondary N) is 1. The van der Waals surface area contributed by atoms with Crippen LogP contribution in [0.2, 0.25) is 0 Å². The number of rotatable bonds is 3. The van der Waals surface area contributed by atoms with E-state index >= 15 is 0 Å². The molecular formula is C17H25N5O3. The second-order valence-corrected chi connectivity index (χ2v) is 7.57. The highest BCUT2D eigenvalue weighted by Crippen LogP contribution is 2.21. The molecule has 1 aromatic heterocycles. The lowest BCUT2D eigenvalue weighted by Gasteiger charge is -2.39. The summed E-state index contributed by atoms with van der Waals surface area (Å²) in [6.07, 6.45) is 3.94.